The molecule has 2 fully saturated rings. The van der Waals surface area contributed by atoms with Gasteiger partial charge in [-0.15, -0.1) is 0 Å². The zero-order valence-corrected chi connectivity index (χ0v) is 18.5. The first-order chi connectivity index (χ1) is 15.7. The molecule has 1 amide bonds. The van der Waals surface area contributed by atoms with Crippen molar-refractivity contribution in [2.24, 2.45) is 11.8 Å². The number of aromatic amines is 1. The number of anilines is 1. The van der Waals surface area contributed by atoms with Gasteiger partial charge in [-0.1, -0.05) is 6.07 Å². The quantitative estimate of drug-likeness (QED) is 0.529. The van der Waals surface area contributed by atoms with Crippen LogP contribution in [0, 0.1) is 11.8 Å². The van der Waals surface area contributed by atoms with Crippen LogP contribution in [0.4, 0.5) is 5.82 Å². The maximum atomic E-state index is 12.7. The van der Waals surface area contributed by atoms with Crippen LogP contribution in [0.15, 0.2) is 36.5 Å². The third kappa shape index (κ3) is 4.03. The molecule has 8 heteroatoms. The molecule has 2 unspecified atom stereocenters. The summed E-state index contributed by atoms with van der Waals surface area (Å²) in [5, 5.41) is 7.31. The Morgan fingerprint density at radius 2 is 1.91 bits per heavy atom. The van der Waals surface area contributed by atoms with Gasteiger partial charge in [-0.3, -0.25) is 4.79 Å². The Kier molecular flexibility index (Phi) is 5.71. The Balaban J connectivity index is 1.30. The van der Waals surface area contributed by atoms with Crippen LogP contribution in [0.5, 0.6) is 11.5 Å². The highest BCUT2D eigenvalue weighted by Crippen LogP contribution is 2.42. The number of rotatable bonds is 7. The number of hydrogen-bond donors (Lipinski definition) is 3. The Bertz CT molecular complexity index is 1100. The van der Waals surface area contributed by atoms with Crippen LogP contribution >= 0.6 is 0 Å². The van der Waals surface area contributed by atoms with Gasteiger partial charge in [-0.25, -0.2) is 4.98 Å². The number of carbonyl (C=O) groups excluding carboxylic acids is 1. The lowest BCUT2D eigenvalue weighted by atomic mass is 10.0. The van der Waals surface area contributed by atoms with Crippen LogP contribution in [0.3, 0.4) is 0 Å². The van der Waals surface area contributed by atoms with Gasteiger partial charge >= 0.3 is 0 Å². The van der Waals surface area contributed by atoms with Gasteiger partial charge in [0.1, 0.15) is 23.0 Å². The molecular formula is C24H29N5O3. The summed E-state index contributed by atoms with van der Waals surface area (Å²) >= 11 is 0. The van der Waals surface area contributed by atoms with Crippen LogP contribution in [-0.2, 0) is 4.79 Å². The molecule has 8 nitrogen and oxygen atoms in total. The molecule has 1 aliphatic heterocycles. The number of hydrogen-bond acceptors (Lipinski definition) is 6. The Morgan fingerprint density at radius 3 is 2.62 bits per heavy atom. The lowest BCUT2D eigenvalue weighted by molar-refractivity contribution is -0.117. The van der Waals surface area contributed by atoms with Crippen LogP contribution in [0.25, 0.3) is 22.2 Å². The number of ether oxygens (including phenoxy) is 2. The molecule has 1 aliphatic carbocycles. The van der Waals surface area contributed by atoms with Crippen molar-refractivity contribution in [1.82, 2.24) is 20.2 Å². The monoisotopic (exact) mass is 435 g/mol. The first kappa shape index (κ1) is 20.8. The highest BCUT2D eigenvalue weighted by Gasteiger charge is 2.43. The minimum Gasteiger partial charge on any atom is -0.496 e. The summed E-state index contributed by atoms with van der Waals surface area (Å²) in [6.07, 6.45) is 2.85. The molecule has 0 bridgehead atoms. The maximum absolute atomic E-state index is 12.7. The van der Waals surface area contributed by atoms with E-state index in [4.69, 9.17) is 9.47 Å². The number of carbonyl (C=O) groups is 1. The largest absolute Gasteiger partial charge is 0.496 e. The van der Waals surface area contributed by atoms with Crippen molar-refractivity contribution in [3.05, 3.63) is 36.5 Å². The molecule has 1 aromatic carbocycles. The second-order valence-corrected chi connectivity index (χ2v) is 8.47. The molecule has 32 heavy (non-hydrogen) atoms. The number of H-pyrrole nitrogens is 1. The van der Waals surface area contributed by atoms with Crippen molar-refractivity contribution in [2.75, 3.05) is 52.3 Å². The topological polar surface area (TPSA) is 91.5 Å². The van der Waals surface area contributed by atoms with Crippen LogP contribution in [-0.4, -0.2) is 67.7 Å². The van der Waals surface area contributed by atoms with E-state index < -0.39 is 0 Å². The molecule has 1 saturated carbocycles. The fourth-order valence-electron chi connectivity index (χ4n) is 4.61. The highest BCUT2D eigenvalue weighted by molar-refractivity contribution is 5.99. The van der Waals surface area contributed by atoms with E-state index in [9.17, 15) is 4.79 Å². The Morgan fingerprint density at radius 1 is 1.16 bits per heavy atom. The normalized spacial score (nSPS) is 20.8. The van der Waals surface area contributed by atoms with Crippen molar-refractivity contribution >= 4 is 22.8 Å². The van der Waals surface area contributed by atoms with Crippen molar-refractivity contribution in [3.8, 4) is 22.6 Å². The average Bonchev–Trinajstić information content (AvgIpc) is 3.47. The number of pyridine rings is 1. The lowest BCUT2D eigenvalue weighted by Gasteiger charge is -2.27. The standard InChI is InChI=1S/C24H29N5O3/c1-31-19-4-3-5-20(32-2)22(19)18-13-26-23-16(18)6-7-21(27-23)28-24(30)17-12-15(17)14-29-10-8-25-9-11-29/h3-7,13,15,17,25H,8-12,14H2,1-2H3,(H2,26,27,28,30). The predicted octanol–water partition coefficient (Wildman–Crippen LogP) is 2.73. The van der Waals surface area contributed by atoms with Crippen molar-refractivity contribution in [1.29, 1.82) is 0 Å². The molecule has 168 valence electrons. The van der Waals surface area contributed by atoms with Gasteiger partial charge in [0.05, 0.1) is 19.8 Å². The Hall–Kier alpha value is -3.10. The average molecular weight is 436 g/mol. The van der Waals surface area contributed by atoms with Crippen LogP contribution in [0.1, 0.15) is 6.42 Å². The first-order valence-electron chi connectivity index (χ1n) is 11.1. The van der Waals surface area contributed by atoms with E-state index in [1.807, 2.05) is 36.5 Å². The number of fused-ring (bicyclic) bond motifs is 1. The van der Waals surface area contributed by atoms with E-state index in [1.54, 1.807) is 14.2 Å². The van der Waals surface area contributed by atoms with E-state index in [2.05, 4.69) is 25.5 Å². The van der Waals surface area contributed by atoms with Crippen LogP contribution < -0.4 is 20.1 Å². The molecule has 3 aromatic rings. The van der Waals surface area contributed by atoms with Gasteiger partial charge in [0.25, 0.3) is 0 Å². The molecule has 5 rings (SSSR count). The zero-order chi connectivity index (χ0) is 22.1. The summed E-state index contributed by atoms with van der Waals surface area (Å²) in [6.45, 7) is 5.20. The molecule has 3 N–H and O–H groups in total. The van der Waals surface area contributed by atoms with Gasteiger partial charge in [-0.2, -0.15) is 0 Å². The van der Waals surface area contributed by atoms with Gasteiger partial charge in [-0.05, 0) is 36.6 Å². The molecule has 2 atom stereocenters. The van der Waals surface area contributed by atoms with E-state index in [1.165, 1.54) is 0 Å². The summed E-state index contributed by atoms with van der Waals surface area (Å²) in [5.41, 5.74) is 2.52. The summed E-state index contributed by atoms with van der Waals surface area (Å²) < 4.78 is 11.1. The molecular weight excluding hydrogens is 406 g/mol. The number of aromatic nitrogens is 2. The first-order valence-corrected chi connectivity index (χ1v) is 11.1. The number of methoxy groups -OCH3 is 2. The molecule has 3 heterocycles. The summed E-state index contributed by atoms with van der Waals surface area (Å²) in [4.78, 5) is 23.0. The minimum absolute atomic E-state index is 0.0650. The SMILES string of the molecule is COc1cccc(OC)c1-c1c[nH]c2nc(NC(=O)C3CC3CN3CCNCC3)ccc12. The number of nitrogens with zero attached hydrogens (tertiary/aromatic N) is 2. The third-order valence-corrected chi connectivity index (χ3v) is 6.45. The molecule has 1 saturated heterocycles. The molecule has 2 aromatic heterocycles. The molecule has 2 aliphatic rings. The zero-order valence-electron chi connectivity index (χ0n) is 18.5. The minimum atomic E-state index is 0.0650. The summed E-state index contributed by atoms with van der Waals surface area (Å²) in [7, 11) is 3.29. The number of piperazine rings is 1. The van der Waals surface area contributed by atoms with Gasteiger partial charge in [0.2, 0.25) is 5.91 Å². The fourth-order valence-corrected chi connectivity index (χ4v) is 4.61. The molecule has 0 radical (unpaired) electrons. The second-order valence-electron chi connectivity index (χ2n) is 8.47. The molecule has 0 spiro atoms. The number of benzene rings is 1. The van der Waals surface area contributed by atoms with Crippen molar-refractivity contribution in [2.45, 2.75) is 6.42 Å². The summed E-state index contributed by atoms with van der Waals surface area (Å²) in [6, 6.07) is 9.54. The van der Waals surface area contributed by atoms with E-state index in [0.29, 0.717) is 17.4 Å². The fraction of sp³-hybridized carbons (Fsp3) is 0.417. The Labute approximate surface area is 187 Å². The number of nitrogens with one attached hydrogen (secondary N) is 3. The van der Waals surface area contributed by atoms with E-state index in [-0.39, 0.29) is 11.8 Å². The van der Waals surface area contributed by atoms with E-state index in [0.717, 1.165) is 67.2 Å². The maximum Gasteiger partial charge on any atom is 0.228 e. The smallest absolute Gasteiger partial charge is 0.228 e. The van der Waals surface area contributed by atoms with Gasteiger partial charge < -0.3 is 30.0 Å². The van der Waals surface area contributed by atoms with Crippen LogP contribution in [0.2, 0.25) is 0 Å². The highest BCUT2D eigenvalue weighted by atomic mass is 16.5. The number of amides is 1. The van der Waals surface area contributed by atoms with Crippen molar-refractivity contribution in [3.63, 3.8) is 0 Å². The summed E-state index contributed by atoms with van der Waals surface area (Å²) in [5.74, 6) is 2.62. The predicted molar refractivity (Wildman–Crippen MR) is 124 cm³/mol. The van der Waals surface area contributed by atoms with Gasteiger partial charge in [0, 0.05) is 55.8 Å². The van der Waals surface area contributed by atoms with Crippen molar-refractivity contribution < 1.29 is 14.3 Å². The van der Waals surface area contributed by atoms with Gasteiger partial charge in [0.15, 0.2) is 0 Å². The third-order valence-electron chi connectivity index (χ3n) is 6.45. The lowest BCUT2D eigenvalue weighted by Crippen LogP contribution is -2.44. The van der Waals surface area contributed by atoms with E-state index >= 15 is 0 Å². The second kappa shape index (κ2) is 8.80.